The highest BCUT2D eigenvalue weighted by Gasteiger charge is 2.42. The Morgan fingerprint density at radius 1 is 1.16 bits per heavy atom. The summed E-state index contributed by atoms with van der Waals surface area (Å²) in [7, 11) is 0. The summed E-state index contributed by atoms with van der Waals surface area (Å²) in [6.45, 7) is 11.7. The summed E-state index contributed by atoms with van der Waals surface area (Å²) in [5, 5.41) is 0. The second-order valence-electron chi connectivity index (χ2n) is 7.68. The fourth-order valence-corrected chi connectivity index (χ4v) is 4.56. The Balaban J connectivity index is 2.03. The number of likely N-dealkylation sites (tertiary alicyclic amines) is 1. The van der Waals surface area contributed by atoms with Crippen LogP contribution in [-0.2, 0) is 0 Å². The molecule has 1 aliphatic carbocycles. The molecule has 1 saturated heterocycles. The van der Waals surface area contributed by atoms with Crippen molar-refractivity contribution in [2.45, 2.75) is 77.8 Å². The summed E-state index contributed by atoms with van der Waals surface area (Å²) >= 11 is 0. The van der Waals surface area contributed by atoms with E-state index in [1.165, 1.54) is 45.1 Å². The van der Waals surface area contributed by atoms with E-state index < -0.39 is 0 Å². The van der Waals surface area contributed by atoms with Crippen molar-refractivity contribution in [3.8, 4) is 0 Å². The lowest BCUT2D eigenvalue weighted by Crippen LogP contribution is -2.60. The molecule has 0 aromatic carbocycles. The minimum atomic E-state index is 0.324. The van der Waals surface area contributed by atoms with Crippen molar-refractivity contribution in [3.63, 3.8) is 0 Å². The van der Waals surface area contributed by atoms with Gasteiger partial charge in [-0.2, -0.15) is 0 Å². The first-order chi connectivity index (χ1) is 8.98. The van der Waals surface area contributed by atoms with Crippen LogP contribution in [0.15, 0.2) is 0 Å². The van der Waals surface area contributed by atoms with Gasteiger partial charge in [-0.15, -0.1) is 0 Å². The summed E-state index contributed by atoms with van der Waals surface area (Å²) < 4.78 is 0. The molecular formula is C17H34N2. The van der Waals surface area contributed by atoms with Gasteiger partial charge in [0.05, 0.1) is 0 Å². The Morgan fingerprint density at radius 3 is 2.26 bits per heavy atom. The first-order valence-electron chi connectivity index (χ1n) is 8.45. The lowest BCUT2D eigenvalue weighted by Gasteiger charge is -2.53. The number of hydrogen-bond acceptors (Lipinski definition) is 2. The van der Waals surface area contributed by atoms with Gasteiger partial charge in [-0.05, 0) is 69.7 Å². The molecule has 2 heteroatoms. The Bertz CT molecular complexity index is 279. The summed E-state index contributed by atoms with van der Waals surface area (Å²) in [6, 6.07) is 0.725. The largest absolute Gasteiger partial charge is 0.329 e. The topological polar surface area (TPSA) is 29.3 Å². The van der Waals surface area contributed by atoms with E-state index in [1.807, 2.05) is 0 Å². The Hall–Kier alpha value is -0.0800. The van der Waals surface area contributed by atoms with Crippen LogP contribution in [0.5, 0.6) is 0 Å². The van der Waals surface area contributed by atoms with Crippen molar-refractivity contribution in [3.05, 3.63) is 0 Å². The van der Waals surface area contributed by atoms with Gasteiger partial charge in [0, 0.05) is 18.1 Å². The molecule has 112 valence electrons. The van der Waals surface area contributed by atoms with Crippen LogP contribution in [-0.4, -0.2) is 29.6 Å². The minimum Gasteiger partial charge on any atom is -0.329 e. The highest BCUT2D eigenvalue weighted by Crippen LogP contribution is 2.41. The van der Waals surface area contributed by atoms with Gasteiger partial charge in [0.15, 0.2) is 0 Å². The average molecular weight is 266 g/mol. The summed E-state index contributed by atoms with van der Waals surface area (Å²) in [5.74, 6) is 2.67. The maximum absolute atomic E-state index is 6.25. The number of hydrogen-bond donors (Lipinski definition) is 1. The zero-order chi connectivity index (χ0) is 14.0. The third-order valence-electron chi connectivity index (χ3n) is 6.03. The molecule has 1 aliphatic heterocycles. The molecule has 0 spiro atoms. The van der Waals surface area contributed by atoms with E-state index in [0.717, 1.165) is 30.3 Å². The SMILES string of the molecule is CC1CCN(C2(CN)CCC(C(C)C)CC2)C(C)C1. The molecule has 0 radical (unpaired) electrons. The predicted octanol–water partition coefficient (Wildman–Crippen LogP) is 3.65. The van der Waals surface area contributed by atoms with Crippen molar-refractivity contribution in [1.29, 1.82) is 0 Å². The molecule has 2 fully saturated rings. The Labute approximate surface area is 120 Å². The molecule has 0 aromatic rings. The molecular weight excluding hydrogens is 232 g/mol. The highest BCUT2D eigenvalue weighted by molar-refractivity contribution is 4.99. The lowest BCUT2D eigenvalue weighted by molar-refractivity contribution is -0.0206. The summed E-state index contributed by atoms with van der Waals surface area (Å²) in [4.78, 5) is 2.78. The number of rotatable bonds is 3. The molecule has 2 atom stereocenters. The molecule has 1 saturated carbocycles. The third kappa shape index (κ3) is 3.16. The van der Waals surface area contributed by atoms with Crippen molar-refractivity contribution in [2.75, 3.05) is 13.1 Å². The van der Waals surface area contributed by atoms with Crippen LogP contribution in [0.2, 0.25) is 0 Å². The van der Waals surface area contributed by atoms with Crippen LogP contribution in [0.3, 0.4) is 0 Å². The molecule has 0 bridgehead atoms. The standard InChI is InChI=1S/C17H34N2/c1-13(2)16-5-8-17(12-18,9-6-16)19-10-7-14(3)11-15(19)4/h13-16H,5-12,18H2,1-4H3. The van der Waals surface area contributed by atoms with Crippen molar-refractivity contribution >= 4 is 0 Å². The summed E-state index contributed by atoms with van der Waals surface area (Å²) in [6.07, 6.45) is 8.13. The van der Waals surface area contributed by atoms with Gasteiger partial charge in [0.2, 0.25) is 0 Å². The van der Waals surface area contributed by atoms with Gasteiger partial charge < -0.3 is 5.73 Å². The molecule has 2 rings (SSSR count). The molecule has 0 aromatic heterocycles. The quantitative estimate of drug-likeness (QED) is 0.845. The maximum Gasteiger partial charge on any atom is 0.0334 e. The highest BCUT2D eigenvalue weighted by atomic mass is 15.2. The third-order valence-corrected chi connectivity index (χ3v) is 6.03. The second-order valence-corrected chi connectivity index (χ2v) is 7.68. The van der Waals surface area contributed by atoms with Crippen LogP contribution < -0.4 is 5.73 Å². The fourth-order valence-electron chi connectivity index (χ4n) is 4.56. The van der Waals surface area contributed by atoms with Crippen molar-refractivity contribution in [1.82, 2.24) is 4.90 Å². The van der Waals surface area contributed by atoms with Crippen LogP contribution in [0.4, 0.5) is 0 Å². The zero-order valence-electron chi connectivity index (χ0n) is 13.5. The van der Waals surface area contributed by atoms with Crippen LogP contribution >= 0.6 is 0 Å². The number of piperidine rings is 1. The van der Waals surface area contributed by atoms with Crippen LogP contribution in [0.1, 0.15) is 66.2 Å². The van der Waals surface area contributed by atoms with E-state index >= 15 is 0 Å². The minimum absolute atomic E-state index is 0.324. The number of nitrogens with two attached hydrogens (primary N) is 1. The van der Waals surface area contributed by atoms with Gasteiger partial charge >= 0.3 is 0 Å². The second kappa shape index (κ2) is 6.13. The monoisotopic (exact) mass is 266 g/mol. The molecule has 0 amide bonds. The van der Waals surface area contributed by atoms with E-state index in [-0.39, 0.29) is 0 Å². The Kier molecular flexibility index (Phi) is 4.94. The van der Waals surface area contributed by atoms with E-state index in [4.69, 9.17) is 5.73 Å². The van der Waals surface area contributed by atoms with E-state index in [1.54, 1.807) is 0 Å². The van der Waals surface area contributed by atoms with Gasteiger partial charge in [-0.1, -0.05) is 20.8 Å². The van der Waals surface area contributed by atoms with E-state index in [2.05, 4.69) is 32.6 Å². The zero-order valence-corrected chi connectivity index (χ0v) is 13.5. The van der Waals surface area contributed by atoms with Crippen LogP contribution in [0, 0.1) is 17.8 Å². The average Bonchev–Trinajstić information content (AvgIpc) is 2.38. The van der Waals surface area contributed by atoms with Gasteiger partial charge in [0.25, 0.3) is 0 Å². The molecule has 1 heterocycles. The normalized spacial score (nSPS) is 41.7. The van der Waals surface area contributed by atoms with E-state index in [9.17, 15) is 0 Å². The van der Waals surface area contributed by atoms with Crippen molar-refractivity contribution < 1.29 is 0 Å². The summed E-state index contributed by atoms with van der Waals surface area (Å²) in [5.41, 5.74) is 6.57. The van der Waals surface area contributed by atoms with Gasteiger partial charge in [-0.25, -0.2) is 0 Å². The van der Waals surface area contributed by atoms with Gasteiger partial charge in [0.1, 0.15) is 0 Å². The lowest BCUT2D eigenvalue weighted by atomic mass is 9.70. The molecule has 19 heavy (non-hydrogen) atoms. The van der Waals surface area contributed by atoms with Gasteiger partial charge in [-0.3, -0.25) is 4.90 Å². The Morgan fingerprint density at radius 2 is 1.79 bits per heavy atom. The molecule has 2 unspecified atom stereocenters. The smallest absolute Gasteiger partial charge is 0.0334 e. The fraction of sp³-hybridized carbons (Fsp3) is 1.00. The van der Waals surface area contributed by atoms with E-state index in [0.29, 0.717) is 5.54 Å². The predicted molar refractivity (Wildman–Crippen MR) is 83.1 cm³/mol. The van der Waals surface area contributed by atoms with Crippen molar-refractivity contribution in [2.24, 2.45) is 23.5 Å². The molecule has 2 aliphatic rings. The first kappa shape index (κ1) is 15.3. The van der Waals surface area contributed by atoms with Crippen LogP contribution in [0.25, 0.3) is 0 Å². The molecule has 2 N–H and O–H groups in total. The maximum atomic E-state index is 6.25. The first-order valence-corrected chi connectivity index (χ1v) is 8.45. The number of nitrogens with zero attached hydrogens (tertiary/aromatic N) is 1. The molecule has 2 nitrogen and oxygen atoms in total.